The first kappa shape index (κ1) is 10.6. The van der Waals surface area contributed by atoms with Crippen LogP contribution in [0.5, 0.6) is 0 Å². The molecule has 13 heavy (non-hydrogen) atoms. The summed E-state index contributed by atoms with van der Waals surface area (Å²) in [7, 11) is 0. The second-order valence-electron chi connectivity index (χ2n) is 4.17. The van der Waals surface area contributed by atoms with Crippen LogP contribution in [-0.2, 0) is 5.41 Å². The van der Waals surface area contributed by atoms with E-state index in [4.69, 9.17) is 0 Å². The summed E-state index contributed by atoms with van der Waals surface area (Å²) in [5, 5.41) is 0. The minimum Gasteiger partial charge on any atom is -0.224 e. The monoisotopic (exact) mass is 245 g/mol. The van der Waals surface area contributed by atoms with Crippen molar-refractivity contribution in [2.24, 2.45) is 0 Å². The van der Waals surface area contributed by atoms with Gasteiger partial charge in [0, 0.05) is 5.69 Å². The maximum Gasteiger partial charge on any atom is 0.227 e. The Hall–Kier alpha value is -0.440. The van der Waals surface area contributed by atoms with Gasteiger partial charge in [0.05, 0.1) is 4.47 Å². The summed E-state index contributed by atoms with van der Waals surface area (Å²) in [6.45, 7) is 7.94. The van der Waals surface area contributed by atoms with Crippen molar-refractivity contribution in [1.82, 2.24) is 4.98 Å². The van der Waals surface area contributed by atoms with Gasteiger partial charge < -0.3 is 0 Å². The van der Waals surface area contributed by atoms with Crippen molar-refractivity contribution in [3.8, 4) is 0 Å². The van der Waals surface area contributed by atoms with Crippen LogP contribution in [0.3, 0.4) is 0 Å². The molecule has 1 rings (SSSR count). The summed E-state index contributed by atoms with van der Waals surface area (Å²) in [6, 6.07) is 1.91. The number of aromatic nitrogens is 1. The van der Waals surface area contributed by atoms with Gasteiger partial charge in [0.2, 0.25) is 5.95 Å². The predicted molar refractivity (Wildman–Crippen MR) is 55.3 cm³/mol. The first-order valence-corrected chi connectivity index (χ1v) is 4.95. The van der Waals surface area contributed by atoms with Crippen LogP contribution in [0.1, 0.15) is 32.0 Å². The highest BCUT2D eigenvalue weighted by atomic mass is 79.9. The van der Waals surface area contributed by atoms with Crippen LogP contribution in [0.15, 0.2) is 10.5 Å². The Kier molecular flexibility index (Phi) is 2.76. The highest BCUT2D eigenvalue weighted by molar-refractivity contribution is 9.10. The molecule has 1 nitrogen and oxygen atoms in total. The number of hydrogen-bond donors (Lipinski definition) is 0. The number of hydrogen-bond acceptors (Lipinski definition) is 1. The average molecular weight is 246 g/mol. The third-order valence-corrected chi connectivity index (χ3v) is 2.61. The van der Waals surface area contributed by atoms with Gasteiger partial charge in [-0.25, -0.2) is 4.98 Å². The zero-order valence-electron chi connectivity index (χ0n) is 8.28. The molecule has 0 bridgehead atoms. The Labute approximate surface area is 86.5 Å². The number of nitrogens with zero attached hydrogens (tertiary/aromatic N) is 1. The average Bonchev–Trinajstić information content (AvgIpc) is 1.94. The molecular formula is C10H13BrFN. The van der Waals surface area contributed by atoms with E-state index >= 15 is 0 Å². The van der Waals surface area contributed by atoms with Crippen molar-refractivity contribution in [2.75, 3.05) is 0 Å². The van der Waals surface area contributed by atoms with E-state index in [1.807, 2.05) is 26.8 Å². The van der Waals surface area contributed by atoms with Crippen LogP contribution in [0.2, 0.25) is 0 Å². The van der Waals surface area contributed by atoms with Gasteiger partial charge in [-0.2, -0.15) is 4.39 Å². The fourth-order valence-electron chi connectivity index (χ4n) is 1.17. The number of rotatable bonds is 0. The van der Waals surface area contributed by atoms with Crippen molar-refractivity contribution < 1.29 is 4.39 Å². The topological polar surface area (TPSA) is 12.9 Å². The summed E-state index contributed by atoms with van der Waals surface area (Å²) >= 11 is 3.21. The molecule has 1 aromatic heterocycles. The van der Waals surface area contributed by atoms with E-state index in [-0.39, 0.29) is 5.41 Å². The summed E-state index contributed by atoms with van der Waals surface area (Å²) in [6.07, 6.45) is 0. The first-order chi connectivity index (χ1) is 5.82. The normalized spacial score (nSPS) is 11.8. The SMILES string of the molecule is Cc1cc(C(C)(C)C)c(Br)c(F)n1. The van der Waals surface area contributed by atoms with Crippen molar-refractivity contribution in [3.05, 3.63) is 27.7 Å². The van der Waals surface area contributed by atoms with Gasteiger partial charge in [-0.3, -0.25) is 0 Å². The third-order valence-electron chi connectivity index (χ3n) is 1.85. The minimum absolute atomic E-state index is 0.0621. The van der Waals surface area contributed by atoms with Crippen LogP contribution < -0.4 is 0 Å². The van der Waals surface area contributed by atoms with Crippen molar-refractivity contribution in [2.45, 2.75) is 33.1 Å². The Morgan fingerprint density at radius 3 is 2.38 bits per heavy atom. The maximum absolute atomic E-state index is 13.2. The summed E-state index contributed by atoms with van der Waals surface area (Å²) in [4.78, 5) is 3.73. The summed E-state index contributed by atoms with van der Waals surface area (Å²) < 4.78 is 13.7. The zero-order valence-corrected chi connectivity index (χ0v) is 9.87. The Morgan fingerprint density at radius 1 is 1.38 bits per heavy atom. The fraction of sp³-hybridized carbons (Fsp3) is 0.500. The van der Waals surface area contributed by atoms with Gasteiger partial charge in [0.15, 0.2) is 0 Å². The quantitative estimate of drug-likeness (QED) is 0.637. The van der Waals surface area contributed by atoms with E-state index in [0.717, 1.165) is 5.56 Å². The molecule has 0 fully saturated rings. The maximum atomic E-state index is 13.2. The lowest BCUT2D eigenvalue weighted by Crippen LogP contribution is -2.14. The molecule has 1 aromatic rings. The van der Waals surface area contributed by atoms with Crippen LogP contribution in [-0.4, -0.2) is 4.98 Å². The lowest BCUT2D eigenvalue weighted by atomic mass is 9.87. The van der Waals surface area contributed by atoms with Gasteiger partial charge >= 0.3 is 0 Å². The highest BCUT2D eigenvalue weighted by Crippen LogP contribution is 2.31. The van der Waals surface area contributed by atoms with Gasteiger partial charge in [0.25, 0.3) is 0 Å². The predicted octanol–water partition coefficient (Wildman–Crippen LogP) is 3.59. The molecule has 1 heterocycles. The molecule has 0 spiro atoms. The molecule has 0 aliphatic carbocycles. The standard InChI is InChI=1S/C10H13BrFN/c1-6-5-7(10(2,3)4)8(11)9(12)13-6/h5H,1-4H3. The molecule has 0 N–H and O–H groups in total. The molecule has 0 radical (unpaired) electrons. The third kappa shape index (κ3) is 2.27. The minimum atomic E-state index is -0.426. The van der Waals surface area contributed by atoms with E-state index in [1.54, 1.807) is 6.92 Å². The molecule has 0 aliphatic rings. The lowest BCUT2D eigenvalue weighted by molar-refractivity contribution is 0.539. The van der Waals surface area contributed by atoms with E-state index < -0.39 is 5.95 Å². The zero-order chi connectivity index (χ0) is 10.2. The van der Waals surface area contributed by atoms with E-state index in [2.05, 4.69) is 20.9 Å². The van der Waals surface area contributed by atoms with Crippen molar-refractivity contribution in [3.63, 3.8) is 0 Å². The largest absolute Gasteiger partial charge is 0.227 e. The molecule has 3 heteroatoms. The van der Waals surface area contributed by atoms with Gasteiger partial charge in [-0.05, 0) is 39.9 Å². The van der Waals surface area contributed by atoms with E-state index in [0.29, 0.717) is 10.2 Å². The van der Waals surface area contributed by atoms with Crippen LogP contribution >= 0.6 is 15.9 Å². The van der Waals surface area contributed by atoms with Crippen molar-refractivity contribution >= 4 is 15.9 Å². The molecule has 0 amide bonds. The first-order valence-electron chi connectivity index (χ1n) is 4.15. The van der Waals surface area contributed by atoms with E-state index in [1.165, 1.54) is 0 Å². The molecule has 0 saturated carbocycles. The molecule has 0 saturated heterocycles. The second kappa shape index (κ2) is 3.37. The van der Waals surface area contributed by atoms with Gasteiger partial charge in [-0.15, -0.1) is 0 Å². The van der Waals surface area contributed by atoms with Crippen molar-refractivity contribution in [1.29, 1.82) is 0 Å². The molecule has 0 atom stereocenters. The molecule has 0 unspecified atom stereocenters. The number of pyridine rings is 1. The summed E-state index contributed by atoms with van der Waals surface area (Å²) in [5.74, 6) is -0.426. The lowest BCUT2D eigenvalue weighted by Gasteiger charge is -2.21. The van der Waals surface area contributed by atoms with Gasteiger partial charge in [0.1, 0.15) is 0 Å². The number of halogens is 2. The highest BCUT2D eigenvalue weighted by Gasteiger charge is 2.20. The number of aryl methyl sites for hydroxylation is 1. The molecule has 72 valence electrons. The van der Waals surface area contributed by atoms with Gasteiger partial charge in [-0.1, -0.05) is 20.8 Å². The summed E-state index contributed by atoms with van der Waals surface area (Å²) in [5.41, 5.74) is 1.61. The van der Waals surface area contributed by atoms with Crippen LogP contribution in [0, 0.1) is 12.9 Å². The molecular weight excluding hydrogens is 233 g/mol. The fourth-order valence-corrected chi connectivity index (χ4v) is 1.96. The van der Waals surface area contributed by atoms with E-state index in [9.17, 15) is 4.39 Å². The van der Waals surface area contributed by atoms with Crippen LogP contribution in [0.25, 0.3) is 0 Å². The Balaban J connectivity index is 3.37. The van der Waals surface area contributed by atoms with Crippen LogP contribution in [0.4, 0.5) is 4.39 Å². The molecule has 0 aliphatic heterocycles. The molecule has 0 aromatic carbocycles. The Morgan fingerprint density at radius 2 is 1.92 bits per heavy atom. The smallest absolute Gasteiger partial charge is 0.224 e. The second-order valence-corrected chi connectivity index (χ2v) is 4.96. The Bertz CT molecular complexity index is 328.